The van der Waals surface area contributed by atoms with Crippen molar-refractivity contribution in [3.05, 3.63) is 84.1 Å². The van der Waals surface area contributed by atoms with Gasteiger partial charge < -0.3 is 10.1 Å². The van der Waals surface area contributed by atoms with Crippen molar-refractivity contribution in [2.24, 2.45) is 0 Å². The van der Waals surface area contributed by atoms with Gasteiger partial charge in [0.2, 0.25) is 0 Å². The van der Waals surface area contributed by atoms with Crippen LogP contribution in [0.5, 0.6) is 5.75 Å². The lowest BCUT2D eigenvalue weighted by Gasteiger charge is -2.37. The number of pyridine rings is 1. The molecule has 0 fully saturated rings. The number of methoxy groups -OCH3 is 1. The van der Waals surface area contributed by atoms with Crippen molar-refractivity contribution >= 4 is 17.4 Å². The molecule has 0 unspecified atom stereocenters. The number of rotatable bonds is 3. The largest absolute Gasteiger partial charge is 0.497 e. The van der Waals surface area contributed by atoms with E-state index >= 15 is 0 Å². The fourth-order valence-electron chi connectivity index (χ4n) is 3.01. The minimum absolute atomic E-state index is 0.0751. The number of nitrogens with one attached hydrogen (secondary N) is 1. The van der Waals surface area contributed by atoms with Crippen LogP contribution in [-0.2, 0) is 0 Å². The summed E-state index contributed by atoms with van der Waals surface area (Å²) < 4.78 is 5.23. The maximum Gasteiger partial charge on any atom is 0.263 e. The Hall–Kier alpha value is -3.34. The van der Waals surface area contributed by atoms with Crippen molar-refractivity contribution in [3.8, 4) is 5.75 Å². The molecule has 2 heterocycles. The van der Waals surface area contributed by atoms with Gasteiger partial charge in [0.05, 0.1) is 12.7 Å². The lowest BCUT2D eigenvalue weighted by atomic mass is 10.0. The number of hydrogen-bond acceptors (Lipinski definition) is 4. The second-order valence-corrected chi connectivity index (χ2v) is 5.73. The first-order valence-electron chi connectivity index (χ1n) is 8.02. The molecule has 2 aromatic carbocycles. The van der Waals surface area contributed by atoms with E-state index in [2.05, 4.69) is 10.3 Å². The molecule has 1 N–H and O–H groups in total. The van der Waals surface area contributed by atoms with Crippen LogP contribution in [0.4, 0.5) is 11.5 Å². The average molecular weight is 331 g/mol. The average Bonchev–Trinajstić information content (AvgIpc) is 2.69. The smallest absolute Gasteiger partial charge is 0.263 e. The third-order valence-electron chi connectivity index (χ3n) is 4.25. The van der Waals surface area contributed by atoms with Gasteiger partial charge in [0.1, 0.15) is 17.7 Å². The molecule has 0 saturated carbocycles. The number of carbonyl (C=O) groups excluding carboxylic acids is 1. The van der Waals surface area contributed by atoms with E-state index in [0.717, 1.165) is 17.0 Å². The van der Waals surface area contributed by atoms with E-state index < -0.39 is 0 Å². The highest BCUT2D eigenvalue weighted by molar-refractivity contribution is 6.11. The van der Waals surface area contributed by atoms with Crippen LogP contribution >= 0.6 is 0 Å². The fraction of sp³-hybridized carbons (Fsp3) is 0.100. The highest BCUT2D eigenvalue weighted by Crippen LogP contribution is 2.36. The van der Waals surface area contributed by atoms with Crippen LogP contribution in [0.25, 0.3) is 0 Å². The van der Waals surface area contributed by atoms with Crippen LogP contribution in [0, 0.1) is 0 Å². The first kappa shape index (κ1) is 15.2. The van der Waals surface area contributed by atoms with Gasteiger partial charge in [-0.3, -0.25) is 9.69 Å². The molecule has 0 radical (unpaired) electrons. The number of nitrogens with zero attached hydrogens (tertiary/aromatic N) is 2. The molecule has 0 bridgehead atoms. The SMILES string of the molecule is COc1ccc([C@@H]2Nc3ccccc3C(=O)N2c2ccccn2)cc1. The van der Waals surface area contributed by atoms with Crippen molar-refractivity contribution in [2.75, 3.05) is 17.3 Å². The van der Waals surface area contributed by atoms with E-state index in [-0.39, 0.29) is 12.1 Å². The van der Waals surface area contributed by atoms with Gasteiger partial charge in [-0.1, -0.05) is 30.3 Å². The minimum atomic E-state index is -0.344. The van der Waals surface area contributed by atoms with Gasteiger partial charge in [0, 0.05) is 11.9 Å². The van der Waals surface area contributed by atoms with Crippen molar-refractivity contribution in [3.63, 3.8) is 0 Å². The Morgan fingerprint density at radius 1 is 1.00 bits per heavy atom. The van der Waals surface area contributed by atoms with Crippen LogP contribution in [0.15, 0.2) is 72.9 Å². The van der Waals surface area contributed by atoms with Crippen molar-refractivity contribution in [1.29, 1.82) is 0 Å². The Labute approximate surface area is 145 Å². The number of amides is 1. The van der Waals surface area contributed by atoms with Gasteiger partial charge in [-0.25, -0.2) is 4.98 Å². The Bertz CT molecular complexity index is 894. The van der Waals surface area contributed by atoms with E-state index in [1.807, 2.05) is 66.7 Å². The third-order valence-corrected chi connectivity index (χ3v) is 4.25. The topological polar surface area (TPSA) is 54.5 Å². The Morgan fingerprint density at radius 2 is 1.76 bits per heavy atom. The van der Waals surface area contributed by atoms with E-state index in [9.17, 15) is 4.79 Å². The summed E-state index contributed by atoms with van der Waals surface area (Å²) >= 11 is 0. The van der Waals surface area contributed by atoms with E-state index in [0.29, 0.717) is 11.4 Å². The number of hydrogen-bond donors (Lipinski definition) is 1. The summed E-state index contributed by atoms with van der Waals surface area (Å²) in [5, 5.41) is 3.45. The lowest BCUT2D eigenvalue weighted by molar-refractivity contribution is 0.0974. The first-order valence-corrected chi connectivity index (χ1v) is 8.02. The molecule has 1 aliphatic heterocycles. The number of anilines is 2. The van der Waals surface area contributed by atoms with Crippen molar-refractivity contribution < 1.29 is 9.53 Å². The third kappa shape index (κ3) is 2.70. The molecule has 1 aliphatic rings. The summed E-state index contributed by atoms with van der Waals surface area (Å²) in [6, 6.07) is 20.7. The zero-order valence-corrected chi connectivity index (χ0v) is 13.7. The summed E-state index contributed by atoms with van der Waals surface area (Å²) in [6.45, 7) is 0. The van der Waals surface area contributed by atoms with Crippen LogP contribution < -0.4 is 15.0 Å². The maximum atomic E-state index is 13.1. The lowest BCUT2D eigenvalue weighted by Crippen LogP contribution is -2.43. The quantitative estimate of drug-likeness (QED) is 0.792. The minimum Gasteiger partial charge on any atom is -0.497 e. The van der Waals surface area contributed by atoms with Gasteiger partial charge in [-0.2, -0.15) is 0 Å². The molecular formula is C20H17N3O2. The zero-order chi connectivity index (χ0) is 17.2. The highest BCUT2D eigenvalue weighted by atomic mass is 16.5. The maximum absolute atomic E-state index is 13.1. The van der Waals surface area contributed by atoms with Crippen LogP contribution in [0.3, 0.4) is 0 Å². The molecule has 4 rings (SSSR count). The molecular weight excluding hydrogens is 314 g/mol. The van der Waals surface area contributed by atoms with E-state index in [1.165, 1.54) is 0 Å². The molecule has 5 nitrogen and oxygen atoms in total. The summed E-state index contributed by atoms with van der Waals surface area (Å²) in [7, 11) is 1.63. The van der Waals surface area contributed by atoms with Crippen LogP contribution in [-0.4, -0.2) is 18.0 Å². The van der Waals surface area contributed by atoms with Gasteiger partial charge in [0.25, 0.3) is 5.91 Å². The highest BCUT2D eigenvalue weighted by Gasteiger charge is 2.34. The number of ether oxygens (including phenoxy) is 1. The normalized spacial score (nSPS) is 16.1. The molecule has 124 valence electrons. The summed E-state index contributed by atoms with van der Waals surface area (Å²) in [6.07, 6.45) is 1.34. The summed E-state index contributed by atoms with van der Waals surface area (Å²) in [5.41, 5.74) is 2.41. The number of para-hydroxylation sites is 1. The van der Waals surface area contributed by atoms with Gasteiger partial charge in [-0.05, 0) is 42.0 Å². The number of aromatic nitrogens is 1. The van der Waals surface area contributed by atoms with E-state index in [4.69, 9.17) is 4.74 Å². The number of benzene rings is 2. The second kappa shape index (κ2) is 6.28. The molecule has 0 saturated heterocycles. The first-order chi connectivity index (χ1) is 12.3. The summed E-state index contributed by atoms with van der Waals surface area (Å²) in [5.74, 6) is 1.31. The molecule has 5 heteroatoms. The fourth-order valence-corrected chi connectivity index (χ4v) is 3.01. The van der Waals surface area contributed by atoms with Crippen LogP contribution in [0.2, 0.25) is 0 Å². The molecule has 1 atom stereocenters. The number of carbonyl (C=O) groups is 1. The van der Waals surface area contributed by atoms with Gasteiger partial charge in [0.15, 0.2) is 0 Å². The molecule has 1 amide bonds. The van der Waals surface area contributed by atoms with Crippen molar-refractivity contribution in [2.45, 2.75) is 6.17 Å². The monoisotopic (exact) mass is 331 g/mol. The van der Waals surface area contributed by atoms with Gasteiger partial charge >= 0.3 is 0 Å². The molecule has 1 aromatic heterocycles. The Morgan fingerprint density at radius 3 is 2.48 bits per heavy atom. The standard InChI is InChI=1S/C20H17N3O2/c1-25-15-11-9-14(10-12-15)19-22-17-7-3-2-6-16(17)20(24)23(19)18-8-4-5-13-21-18/h2-13,19,22H,1H3/t19-/m1/s1. The summed E-state index contributed by atoms with van der Waals surface area (Å²) in [4.78, 5) is 19.2. The predicted molar refractivity (Wildman–Crippen MR) is 96.8 cm³/mol. The molecule has 25 heavy (non-hydrogen) atoms. The van der Waals surface area contributed by atoms with Crippen molar-refractivity contribution in [1.82, 2.24) is 4.98 Å². The molecule has 3 aromatic rings. The molecule has 0 aliphatic carbocycles. The predicted octanol–water partition coefficient (Wildman–Crippen LogP) is 3.86. The van der Waals surface area contributed by atoms with Crippen LogP contribution in [0.1, 0.15) is 22.1 Å². The Balaban J connectivity index is 1.82. The zero-order valence-electron chi connectivity index (χ0n) is 13.7. The Kier molecular flexibility index (Phi) is 3.82. The second-order valence-electron chi connectivity index (χ2n) is 5.73. The van der Waals surface area contributed by atoms with Gasteiger partial charge in [-0.15, -0.1) is 0 Å². The molecule has 0 spiro atoms. The van der Waals surface area contributed by atoms with E-state index in [1.54, 1.807) is 18.2 Å². The number of fused-ring (bicyclic) bond motifs is 1.